The second-order valence-electron chi connectivity index (χ2n) is 5.30. The maximum absolute atomic E-state index is 5.93. The number of nitrogens with one attached hydrogen (secondary N) is 1. The summed E-state index contributed by atoms with van der Waals surface area (Å²) < 4.78 is 5.26. The van der Waals surface area contributed by atoms with Gasteiger partial charge in [-0.1, -0.05) is 29.8 Å². The van der Waals surface area contributed by atoms with Crippen molar-refractivity contribution in [2.24, 2.45) is 5.92 Å². The van der Waals surface area contributed by atoms with E-state index in [4.69, 9.17) is 16.3 Å². The predicted octanol–water partition coefficient (Wildman–Crippen LogP) is 4.18. The molecule has 0 spiro atoms. The highest BCUT2D eigenvalue weighted by molar-refractivity contribution is 6.30. The van der Waals surface area contributed by atoms with E-state index in [0.717, 1.165) is 30.2 Å². The van der Waals surface area contributed by atoms with E-state index < -0.39 is 0 Å². The zero-order valence-electron chi connectivity index (χ0n) is 11.5. The fourth-order valence-corrected chi connectivity index (χ4v) is 2.89. The molecule has 104 valence electrons. The van der Waals surface area contributed by atoms with Crippen LogP contribution in [0.25, 0.3) is 0 Å². The van der Waals surface area contributed by atoms with Gasteiger partial charge >= 0.3 is 0 Å². The zero-order chi connectivity index (χ0) is 13.9. The quantitative estimate of drug-likeness (QED) is 0.914. The van der Waals surface area contributed by atoms with E-state index in [1.807, 2.05) is 18.2 Å². The van der Waals surface area contributed by atoms with Gasteiger partial charge in [-0.15, -0.1) is 0 Å². The Bertz CT molecular complexity index is 594. The highest BCUT2D eigenvalue weighted by Crippen LogP contribution is 2.30. The molecule has 1 aliphatic heterocycles. The number of fused-ring (bicyclic) bond motifs is 1. The van der Waals surface area contributed by atoms with E-state index in [9.17, 15) is 0 Å². The summed E-state index contributed by atoms with van der Waals surface area (Å²) in [5.74, 6) is 1.53. The Kier molecular flexibility index (Phi) is 3.83. The molecule has 0 fully saturated rings. The summed E-state index contributed by atoms with van der Waals surface area (Å²) in [6.07, 6.45) is 2.19. The van der Waals surface area contributed by atoms with E-state index in [2.05, 4.69) is 29.6 Å². The number of halogens is 1. The van der Waals surface area contributed by atoms with E-state index >= 15 is 0 Å². The number of benzene rings is 2. The Morgan fingerprint density at radius 1 is 1.20 bits per heavy atom. The van der Waals surface area contributed by atoms with Gasteiger partial charge in [0.1, 0.15) is 5.75 Å². The van der Waals surface area contributed by atoms with Crippen LogP contribution in [0, 0.1) is 5.92 Å². The number of hydrogen-bond acceptors (Lipinski definition) is 2. The molecule has 0 saturated heterocycles. The average Bonchev–Trinajstić information content (AvgIpc) is 2.49. The van der Waals surface area contributed by atoms with Gasteiger partial charge in [-0.05, 0) is 48.1 Å². The maximum Gasteiger partial charge on any atom is 0.120 e. The Balaban J connectivity index is 1.70. The number of anilines is 1. The summed E-state index contributed by atoms with van der Waals surface area (Å²) in [7, 11) is 1.70. The van der Waals surface area contributed by atoms with Crippen LogP contribution in [0.3, 0.4) is 0 Å². The molecule has 0 amide bonds. The fourth-order valence-electron chi connectivity index (χ4n) is 2.76. The van der Waals surface area contributed by atoms with Crippen molar-refractivity contribution >= 4 is 17.3 Å². The summed E-state index contributed by atoms with van der Waals surface area (Å²) in [6, 6.07) is 14.4. The highest BCUT2D eigenvalue weighted by Gasteiger charge is 2.18. The first-order valence-electron chi connectivity index (χ1n) is 6.90. The van der Waals surface area contributed by atoms with Crippen LogP contribution in [0.1, 0.15) is 11.1 Å². The summed E-state index contributed by atoms with van der Waals surface area (Å²) >= 11 is 5.93. The van der Waals surface area contributed by atoms with Gasteiger partial charge in [0.15, 0.2) is 0 Å². The van der Waals surface area contributed by atoms with Crippen molar-refractivity contribution in [3.63, 3.8) is 0 Å². The van der Waals surface area contributed by atoms with Gasteiger partial charge in [0.25, 0.3) is 0 Å². The highest BCUT2D eigenvalue weighted by atomic mass is 35.5. The van der Waals surface area contributed by atoms with Gasteiger partial charge in [-0.25, -0.2) is 0 Å². The first kappa shape index (κ1) is 13.3. The molecule has 0 radical (unpaired) electrons. The lowest BCUT2D eigenvalue weighted by atomic mass is 9.89. The normalized spacial score (nSPS) is 17.2. The molecule has 2 aromatic rings. The number of ether oxygens (including phenoxy) is 1. The van der Waals surface area contributed by atoms with Crippen molar-refractivity contribution in [2.45, 2.75) is 12.8 Å². The van der Waals surface area contributed by atoms with Crippen molar-refractivity contribution < 1.29 is 4.74 Å². The lowest BCUT2D eigenvalue weighted by molar-refractivity contribution is 0.414. The van der Waals surface area contributed by atoms with Gasteiger partial charge < -0.3 is 10.1 Å². The minimum absolute atomic E-state index is 0.622. The lowest BCUT2D eigenvalue weighted by Gasteiger charge is -2.26. The van der Waals surface area contributed by atoms with Gasteiger partial charge in [-0.2, -0.15) is 0 Å². The Morgan fingerprint density at radius 2 is 2.00 bits per heavy atom. The molecule has 0 saturated carbocycles. The Morgan fingerprint density at radius 3 is 2.75 bits per heavy atom. The van der Waals surface area contributed by atoms with Crippen molar-refractivity contribution in [3.05, 3.63) is 58.6 Å². The number of rotatable bonds is 3. The standard InChI is InChI=1S/C17H18ClNO/c1-20-16-7-4-14-9-13(11-19-17(14)10-16)8-12-2-5-15(18)6-3-12/h2-7,10,13,19H,8-9,11H2,1H3. The molecule has 1 N–H and O–H groups in total. The van der Waals surface area contributed by atoms with Crippen LogP contribution >= 0.6 is 11.6 Å². The summed E-state index contributed by atoms with van der Waals surface area (Å²) in [4.78, 5) is 0. The molecule has 1 atom stereocenters. The minimum Gasteiger partial charge on any atom is -0.497 e. The smallest absolute Gasteiger partial charge is 0.120 e. The maximum atomic E-state index is 5.93. The van der Waals surface area contributed by atoms with E-state index in [-0.39, 0.29) is 0 Å². The van der Waals surface area contributed by atoms with Crippen LogP contribution in [-0.4, -0.2) is 13.7 Å². The predicted molar refractivity (Wildman–Crippen MR) is 83.8 cm³/mol. The molecule has 0 aromatic heterocycles. The van der Waals surface area contributed by atoms with Crippen LogP contribution in [0.4, 0.5) is 5.69 Å². The van der Waals surface area contributed by atoms with Crippen molar-refractivity contribution in [1.29, 1.82) is 0 Å². The van der Waals surface area contributed by atoms with E-state index in [1.54, 1.807) is 7.11 Å². The van der Waals surface area contributed by atoms with Crippen LogP contribution in [0.15, 0.2) is 42.5 Å². The van der Waals surface area contributed by atoms with E-state index in [0.29, 0.717) is 5.92 Å². The second kappa shape index (κ2) is 5.76. The van der Waals surface area contributed by atoms with Crippen LogP contribution in [0.2, 0.25) is 5.02 Å². The van der Waals surface area contributed by atoms with Gasteiger partial charge in [0.05, 0.1) is 7.11 Å². The monoisotopic (exact) mass is 287 g/mol. The largest absolute Gasteiger partial charge is 0.497 e. The third-order valence-electron chi connectivity index (χ3n) is 3.84. The Hall–Kier alpha value is -1.67. The van der Waals surface area contributed by atoms with E-state index in [1.165, 1.54) is 16.8 Å². The average molecular weight is 288 g/mol. The molecule has 2 aromatic carbocycles. The van der Waals surface area contributed by atoms with Crippen LogP contribution in [0.5, 0.6) is 5.75 Å². The van der Waals surface area contributed by atoms with Gasteiger partial charge in [-0.3, -0.25) is 0 Å². The number of methoxy groups -OCH3 is 1. The Labute approximate surface area is 124 Å². The second-order valence-corrected chi connectivity index (χ2v) is 5.74. The minimum atomic E-state index is 0.622. The number of hydrogen-bond donors (Lipinski definition) is 1. The van der Waals surface area contributed by atoms with Gasteiger partial charge in [0, 0.05) is 23.3 Å². The SMILES string of the molecule is COc1ccc2c(c1)NCC(Cc1ccc(Cl)cc1)C2. The molecular formula is C17H18ClNO. The molecule has 0 aliphatic carbocycles. The first-order chi connectivity index (χ1) is 9.74. The third-order valence-corrected chi connectivity index (χ3v) is 4.10. The molecule has 0 bridgehead atoms. The molecule has 1 unspecified atom stereocenters. The summed E-state index contributed by atoms with van der Waals surface area (Å²) in [5.41, 5.74) is 3.92. The molecule has 1 heterocycles. The fraction of sp³-hybridized carbons (Fsp3) is 0.294. The zero-order valence-corrected chi connectivity index (χ0v) is 12.3. The van der Waals surface area contributed by atoms with Gasteiger partial charge in [0.2, 0.25) is 0 Å². The molecule has 20 heavy (non-hydrogen) atoms. The van der Waals surface area contributed by atoms with Crippen molar-refractivity contribution in [3.8, 4) is 5.75 Å². The molecule has 3 heteroatoms. The molecule has 2 nitrogen and oxygen atoms in total. The molecule has 3 rings (SSSR count). The molecular weight excluding hydrogens is 270 g/mol. The lowest BCUT2D eigenvalue weighted by Crippen LogP contribution is -2.24. The third kappa shape index (κ3) is 2.91. The first-order valence-corrected chi connectivity index (χ1v) is 7.27. The van der Waals surface area contributed by atoms with Crippen LogP contribution in [-0.2, 0) is 12.8 Å². The van der Waals surface area contributed by atoms with Crippen molar-refractivity contribution in [2.75, 3.05) is 19.0 Å². The topological polar surface area (TPSA) is 21.3 Å². The van der Waals surface area contributed by atoms with Crippen LogP contribution < -0.4 is 10.1 Å². The molecule has 1 aliphatic rings. The van der Waals surface area contributed by atoms with Crippen molar-refractivity contribution in [1.82, 2.24) is 0 Å². The summed E-state index contributed by atoms with van der Waals surface area (Å²) in [6.45, 7) is 1.00. The summed E-state index contributed by atoms with van der Waals surface area (Å²) in [5, 5.41) is 4.31.